The maximum absolute atomic E-state index is 11.7. The van der Waals surface area contributed by atoms with E-state index >= 15 is 0 Å². The lowest BCUT2D eigenvalue weighted by molar-refractivity contribution is -0.134. The van der Waals surface area contributed by atoms with E-state index in [1.165, 1.54) is 0 Å². The number of rotatable bonds is 6. The topological polar surface area (TPSA) is 43.8 Å². The Balaban J connectivity index is 4.11. The van der Waals surface area contributed by atoms with Crippen LogP contribution in [0.4, 0.5) is 0 Å². The highest BCUT2D eigenvalue weighted by molar-refractivity contribution is 5.76. The molecule has 0 atom stereocenters. The fourth-order valence-corrected chi connectivity index (χ4v) is 1.32. The number of carbonyl (C=O) groups is 1. The van der Waals surface area contributed by atoms with Gasteiger partial charge in [0.1, 0.15) is 0 Å². The summed E-state index contributed by atoms with van der Waals surface area (Å²) in [7, 11) is 3.89. The summed E-state index contributed by atoms with van der Waals surface area (Å²) in [5.41, 5.74) is -0.816. The molecule has 0 aliphatic heterocycles. The number of hydrogen-bond donors (Lipinski definition) is 1. The van der Waals surface area contributed by atoms with Crippen molar-refractivity contribution in [3.63, 3.8) is 0 Å². The van der Waals surface area contributed by atoms with Gasteiger partial charge in [0.25, 0.3) is 0 Å². The summed E-state index contributed by atoms with van der Waals surface area (Å²) < 4.78 is 0. The molecule has 0 radical (unpaired) electrons. The highest BCUT2D eigenvalue weighted by atomic mass is 16.3. The van der Waals surface area contributed by atoms with Crippen LogP contribution < -0.4 is 0 Å². The standard InChI is InChI=1S/C11H24N2O2/c1-6-13(9-11(2,3)15)10(14)7-8-12(4)5/h15H,6-9H2,1-5H3. The first kappa shape index (κ1) is 14.4. The first-order chi connectivity index (χ1) is 6.76. The summed E-state index contributed by atoms with van der Waals surface area (Å²) >= 11 is 0. The Morgan fingerprint density at radius 1 is 1.33 bits per heavy atom. The van der Waals surface area contributed by atoms with Gasteiger partial charge in [-0.1, -0.05) is 0 Å². The Bertz CT molecular complexity index is 197. The minimum absolute atomic E-state index is 0.105. The molecule has 0 aromatic heterocycles. The fraction of sp³-hybridized carbons (Fsp3) is 0.909. The highest BCUT2D eigenvalue weighted by Crippen LogP contribution is 2.06. The first-order valence-corrected chi connectivity index (χ1v) is 5.41. The summed E-state index contributed by atoms with van der Waals surface area (Å²) in [5.74, 6) is 0.105. The van der Waals surface area contributed by atoms with E-state index in [4.69, 9.17) is 0 Å². The molecule has 0 heterocycles. The second-order valence-corrected chi connectivity index (χ2v) is 4.77. The number of hydrogen-bond acceptors (Lipinski definition) is 3. The van der Waals surface area contributed by atoms with Crippen LogP contribution in [0, 0.1) is 0 Å². The van der Waals surface area contributed by atoms with Gasteiger partial charge < -0.3 is 14.9 Å². The van der Waals surface area contributed by atoms with Gasteiger partial charge in [0.15, 0.2) is 0 Å². The summed E-state index contributed by atoms with van der Waals surface area (Å²) in [6.45, 7) is 7.16. The van der Waals surface area contributed by atoms with Gasteiger partial charge in [-0.2, -0.15) is 0 Å². The van der Waals surface area contributed by atoms with E-state index in [2.05, 4.69) is 0 Å². The molecule has 0 fully saturated rings. The SMILES string of the molecule is CCN(CC(C)(C)O)C(=O)CCN(C)C. The lowest BCUT2D eigenvalue weighted by Crippen LogP contribution is -2.42. The molecule has 0 rings (SSSR count). The molecule has 0 bridgehead atoms. The third-order valence-electron chi connectivity index (χ3n) is 2.09. The minimum Gasteiger partial charge on any atom is -0.389 e. The van der Waals surface area contributed by atoms with E-state index in [1.54, 1.807) is 18.7 Å². The van der Waals surface area contributed by atoms with Crippen molar-refractivity contribution in [1.82, 2.24) is 9.80 Å². The zero-order valence-corrected chi connectivity index (χ0v) is 10.6. The van der Waals surface area contributed by atoms with Gasteiger partial charge in [-0.15, -0.1) is 0 Å². The van der Waals surface area contributed by atoms with Crippen LogP contribution in [0.1, 0.15) is 27.2 Å². The quantitative estimate of drug-likeness (QED) is 0.705. The molecule has 1 amide bonds. The number of aliphatic hydroxyl groups is 1. The molecule has 4 heteroatoms. The molecule has 0 aromatic rings. The van der Waals surface area contributed by atoms with Gasteiger partial charge in [0, 0.05) is 26.1 Å². The van der Waals surface area contributed by atoms with Crippen molar-refractivity contribution < 1.29 is 9.90 Å². The molecular weight excluding hydrogens is 192 g/mol. The Morgan fingerprint density at radius 3 is 2.20 bits per heavy atom. The second kappa shape index (κ2) is 6.08. The van der Waals surface area contributed by atoms with Crippen molar-refractivity contribution in [2.75, 3.05) is 33.7 Å². The Morgan fingerprint density at radius 2 is 1.87 bits per heavy atom. The van der Waals surface area contributed by atoms with E-state index in [1.807, 2.05) is 25.9 Å². The van der Waals surface area contributed by atoms with Crippen molar-refractivity contribution in [2.24, 2.45) is 0 Å². The summed E-state index contributed by atoms with van der Waals surface area (Å²) in [4.78, 5) is 15.4. The van der Waals surface area contributed by atoms with Crippen molar-refractivity contribution >= 4 is 5.91 Å². The average Bonchev–Trinajstić information content (AvgIpc) is 2.08. The highest BCUT2D eigenvalue weighted by Gasteiger charge is 2.20. The molecule has 0 aliphatic carbocycles. The molecule has 0 aromatic carbocycles. The Labute approximate surface area is 92.9 Å². The molecule has 15 heavy (non-hydrogen) atoms. The third kappa shape index (κ3) is 7.33. The maximum Gasteiger partial charge on any atom is 0.223 e. The monoisotopic (exact) mass is 216 g/mol. The molecule has 0 saturated heterocycles. The summed E-state index contributed by atoms with van der Waals surface area (Å²) in [6, 6.07) is 0. The number of amides is 1. The molecular formula is C11H24N2O2. The van der Waals surface area contributed by atoms with Crippen molar-refractivity contribution in [2.45, 2.75) is 32.8 Å². The van der Waals surface area contributed by atoms with Crippen LogP contribution in [0.2, 0.25) is 0 Å². The van der Waals surface area contributed by atoms with Crippen LogP contribution in [0.5, 0.6) is 0 Å². The van der Waals surface area contributed by atoms with E-state index in [-0.39, 0.29) is 5.91 Å². The molecule has 4 nitrogen and oxygen atoms in total. The Kier molecular flexibility index (Phi) is 5.83. The summed E-state index contributed by atoms with van der Waals surface area (Å²) in [5, 5.41) is 9.64. The van der Waals surface area contributed by atoms with Gasteiger partial charge in [-0.3, -0.25) is 4.79 Å². The van der Waals surface area contributed by atoms with Gasteiger partial charge in [-0.25, -0.2) is 0 Å². The van der Waals surface area contributed by atoms with Crippen molar-refractivity contribution in [3.05, 3.63) is 0 Å². The van der Waals surface area contributed by atoms with E-state index in [9.17, 15) is 9.90 Å². The van der Waals surface area contributed by atoms with Crippen molar-refractivity contribution in [3.8, 4) is 0 Å². The largest absolute Gasteiger partial charge is 0.389 e. The number of carbonyl (C=O) groups excluding carboxylic acids is 1. The zero-order chi connectivity index (χ0) is 12.1. The normalized spacial score (nSPS) is 11.9. The summed E-state index contributed by atoms with van der Waals surface area (Å²) in [6.07, 6.45) is 0.511. The van der Waals surface area contributed by atoms with E-state index in [0.29, 0.717) is 19.5 Å². The van der Waals surface area contributed by atoms with E-state index in [0.717, 1.165) is 6.54 Å². The van der Waals surface area contributed by atoms with Gasteiger partial charge in [-0.05, 0) is 34.9 Å². The van der Waals surface area contributed by atoms with Crippen molar-refractivity contribution in [1.29, 1.82) is 0 Å². The molecule has 0 unspecified atom stereocenters. The Hall–Kier alpha value is -0.610. The lowest BCUT2D eigenvalue weighted by atomic mass is 10.1. The van der Waals surface area contributed by atoms with Gasteiger partial charge in [0.2, 0.25) is 5.91 Å². The number of likely N-dealkylation sites (N-methyl/N-ethyl adjacent to an activating group) is 1. The predicted molar refractivity (Wildman–Crippen MR) is 61.7 cm³/mol. The van der Waals surface area contributed by atoms with Crippen LogP contribution in [-0.4, -0.2) is 60.1 Å². The smallest absolute Gasteiger partial charge is 0.223 e. The van der Waals surface area contributed by atoms with Crippen LogP contribution in [0.25, 0.3) is 0 Å². The minimum atomic E-state index is -0.816. The molecule has 0 spiro atoms. The van der Waals surface area contributed by atoms with Crippen LogP contribution >= 0.6 is 0 Å². The first-order valence-electron chi connectivity index (χ1n) is 5.41. The van der Waals surface area contributed by atoms with Gasteiger partial charge in [0.05, 0.1) is 5.60 Å². The number of nitrogens with zero attached hydrogens (tertiary/aromatic N) is 2. The second-order valence-electron chi connectivity index (χ2n) is 4.77. The maximum atomic E-state index is 11.7. The molecule has 0 saturated carbocycles. The average molecular weight is 216 g/mol. The van der Waals surface area contributed by atoms with E-state index < -0.39 is 5.60 Å². The lowest BCUT2D eigenvalue weighted by Gasteiger charge is -2.28. The zero-order valence-electron chi connectivity index (χ0n) is 10.6. The van der Waals surface area contributed by atoms with Crippen LogP contribution in [0.3, 0.4) is 0 Å². The molecule has 0 aliphatic rings. The molecule has 90 valence electrons. The van der Waals surface area contributed by atoms with Crippen LogP contribution in [0.15, 0.2) is 0 Å². The van der Waals surface area contributed by atoms with Gasteiger partial charge >= 0.3 is 0 Å². The fourth-order valence-electron chi connectivity index (χ4n) is 1.32. The third-order valence-corrected chi connectivity index (χ3v) is 2.09. The van der Waals surface area contributed by atoms with Crippen LogP contribution in [-0.2, 0) is 4.79 Å². The predicted octanol–water partition coefficient (Wildman–Crippen LogP) is 0.557. The molecule has 1 N–H and O–H groups in total.